The minimum atomic E-state index is 0.0958. The van der Waals surface area contributed by atoms with Crippen molar-refractivity contribution in [3.05, 3.63) is 60.4 Å². The van der Waals surface area contributed by atoms with E-state index in [-0.39, 0.29) is 6.04 Å². The molecule has 1 aromatic heterocycles. The van der Waals surface area contributed by atoms with Crippen LogP contribution in [0.25, 0.3) is 10.8 Å². The first-order valence-corrected chi connectivity index (χ1v) is 6.94. The molecule has 0 fully saturated rings. The molecule has 2 N–H and O–H groups in total. The van der Waals surface area contributed by atoms with Crippen LogP contribution in [0.15, 0.2) is 54.9 Å². The van der Waals surface area contributed by atoms with Crippen molar-refractivity contribution in [1.29, 1.82) is 0 Å². The van der Waals surface area contributed by atoms with Gasteiger partial charge in [-0.2, -0.15) is 0 Å². The third kappa shape index (κ3) is 3.17. The Morgan fingerprint density at radius 2 is 1.76 bits per heavy atom. The lowest BCUT2D eigenvalue weighted by Crippen LogP contribution is -2.17. The monoisotopic (exact) mass is 279 g/mol. The van der Waals surface area contributed by atoms with E-state index in [1.807, 2.05) is 37.3 Å². The van der Waals surface area contributed by atoms with Crippen LogP contribution < -0.4 is 10.5 Å². The Hall–Kier alpha value is -2.46. The topological polar surface area (TPSA) is 61.0 Å². The average molecular weight is 279 g/mol. The number of fused-ring (bicyclic) bond motifs is 1. The Morgan fingerprint density at radius 1 is 1.05 bits per heavy atom. The van der Waals surface area contributed by atoms with Gasteiger partial charge in [0.05, 0.1) is 0 Å². The van der Waals surface area contributed by atoms with E-state index >= 15 is 0 Å². The van der Waals surface area contributed by atoms with Crippen LogP contribution in [0.2, 0.25) is 0 Å². The molecule has 0 bridgehead atoms. The zero-order chi connectivity index (χ0) is 14.7. The first-order chi connectivity index (χ1) is 10.2. The quantitative estimate of drug-likeness (QED) is 0.796. The van der Waals surface area contributed by atoms with Crippen LogP contribution in [0.5, 0.6) is 11.8 Å². The Balaban J connectivity index is 1.85. The van der Waals surface area contributed by atoms with E-state index in [2.05, 4.69) is 22.1 Å². The highest BCUT2D eigenvalue weighted by molar-refractivity contribution is 5.88. The highest BCUT2D eigenvalue weighted by Crippen LogP contribution is 2.27. The molecular weight excluding hydrogens is 262 g/mol. The average Bonchev–Trinajstić information content (AvgIpc) is 2.49. The van der Waals surface area contributed by atoms with E-state index in [1.54, 1.807) is 12.4 Å². The zero-order valence-corrected chi connectivity index (χ0v) is 11.9. The normalized spacial score (nSPS) is 12.3. The van der Waals surface area contributed by atoms with Crippen molar-refractivity contribution in [2.45, 2.75) is 19.4 Å². The van der Waals surface area contributed by atoms with Gasteiger partial charge in [-0.1, -0.05) is 36.4 Å². The summed E-state index contributed by atoms with van der Waals surface area (Å²) in [4.78, 5) is 8.49. The fourth-order valence-corrected chi connectivity index (χ4v) is 2.26. The Morgan fingerprint density at radius 3 is 2.52 bits per heavy atom. The number of hydrogen-bond donors (Lipinski definition) is 1. The third-order valence-corrected chi connectivity index (χ3v) is 3.19. The second-order valence-electron chi connectivity index (χ2n) is 5.13. The molecule has 3 aromatic rings. The third-order valence-electron chi connectivity index (χ3n) is 3.19. The van der Waals surface area contributed by atoms with Gasteiger partial charge in [-0.25, -0.2) is 9.97 Å². The number of hydrogen-bond acceptors (Lipinski definition) is 4. The van der Waals surface area contributed by atoms with Crippen LogP contribution in [0.4, 0.5) is 0 Å². The van der Waals surface area contributed by atoms with Crippen LogP contribution in [0.1, 0.15) is 12.5 Å². The van der Waals surface area contributed by atoms with Gasteiger partial charge >= 0.3 is 6.01 Å². The van der Waals surface area contributed by atoms with Gasteiger partial charge in [-0.3, -0.25) is 0 Å². The molecule has 0 aliphatic heterocycles. The molecule has 4 nitrogen and oxygen atoms in total. The molecule has 0 amide bonds. The number of ether oxygens (including phenoxy) is 1. The maximum atomic E-state index is 5.80. The second-order valence-corrected chi connectivity index (χ2v) is 5.13. The number of nitrogens with zero attached hydrogens (tertiary/aromatic N) is 2. The maximum absolute atomic E-state index is 5.80. The second kappa shape index (κ2) is 5.89. The minimum absolute atomic E-state index is 0.0958. The van der Waals surface area contributed by atoms with Gasteiger partial charge in [0.1, 0.15) is 5.75 Å². The Labute approximate surface area is 123 Å². The summed E-state index contributed by atoms with van der Waals surface area (Å²) in [6.45, 7) is 1.96. The fourth-order valence-electron chi connectivity index (χ4n) is 2.26. The van der Waals surface area contributed by atoms with E-state index < -0.39 is 0 Å². The number of benzene rings is 2. The SMILES string of the molecule is CC(N)Cc1cnc(Oc2cccc3ccccc23)nc1. The molecule has 1 heterocycles. The smallest absolute Gasteiger partial charge is 0.321 e. The highest BCUT2D eigenvalue weighted by atomic mass is 16.5. The lowest BCUT2D eigenvalue weighted by molar-refractivity contribution is 0.445. The van der Waals surface area contributed by atoms with E-state index in [9.17, 15) is 0 Å². The van der Waals surface area contributed by atoms with E-state index in [0.29, 0.717) is 6.01 Å². The predicted octanol–water partition coefficient (Wildman–Crippen LogP) is 3.31. The summed E-state index contributed by atoms with van der Waals surface area (Å²) in [5.74, 6) is 0.757. The van der Waals surface area contributed by atoms with E-state index in [4.69, 9.17) is 10.5 Å². The van der Waals surface area contributed by atoms with Gasteiger partial charge in [0.15, 0.2) is 0 Å². The van der Waals surface area contributed by atoms with E-state index in [1.165, 1.54) is 0 Å². The molecule has 0 spiro atoms. The van der Waals surface area contributed by atoms with Crippen molar-refractivity contribution in [1.82, 2.24) is 9.97 Å². The van der Waals surface area contributed by atoms with Crippen LogP contribution >= 0.6 is 0 Å². The van der Waals surface area contributed by atoms with Gasteiger partial charge in [0.25, 0.3) is 0 Å². The summed E-state index contributed by atoms with van der Waals surface area (Å²) in [5.41, 5.74) is 6.77. The summed E-state index contributed by atoms with van der Waals surface area (Å²) in [6.07, 6.45) is 4.28. The number of rotatable bonds is 4. The van der Waals surface area contributed by atoms with Gasteiger partial charge in [0, 0.05) is 23.8 Å². The van der Waals surface area contributed by atoms with Crippen molar-refractivity contribution >= 4 is 10.8 Å². The molecule has 4 heteroatoms. The molecule has 0 saturated carbocycles. The first kappa shape index (κ1) is 13.5. The number of aromatic nitrogens is 2. The van der Waals surface area contributed by atoms with E-state index in [0.717, 1.165) is 28.5 Å². The lowest BCUT2D eigenvalue weighted by atomic mass is 10.1. The summed E-state index contributed by atoms with van der Waals surface area (Å²) in [5, 5.41) is 2.17. The molecule has 0 radical (unpaired) electrons. The Bertz CT molecular complexity index is 733. The molecule has 21 heavy (non-hydrogen) atoms. The van der Waals surface area contributed by atoms with Crippen molar-refractivity contribution < 1.29 is 4.74 Å². The van der Waals surface area contributed by atoms with Crippen LogP contribution in [-0.4, -0.2) is 16.0 Å². The minimum Gasteiger partial charge on any atom is -0.424 e. The molecule has 3 rings (SSSR count). The number of nitrogens with two attached hydrogens (primary N) is 1. The first-order valence-electron chi connectivity index (χ1n) is 6.94. The van der Waals surface area contributed by atoms with Crippen LogP contribution in [-0.2, 0) is 6.42 Å². The van der Waals surface area contributed by atoms with Crippen LogP contribution in [0.3, 0.4) is 0 Å². The zero-order valence-electron chi connectivity index (χ0n) is 11.9. The molecule has 0 aliphatic carbocycles. The molecule has 0 aliphatic rings. The fraction of sp³-hybridized carbons (Fsp3) is 0.176. The standard InChI is InChI=1S/C17H17N3O/c1-12(18)9-13-10-19-17(20-11-13)21-16-8-4-6-14-5-2-3-7-15(14)16/h2-8,10-12H,9,18H2,1H3. The molecule has 0 saturated heterocycles. The van der Waals surface area contributed by atoms with Crippen molar-refractivity contribution in [2.75, 3.05) is 0 Å². The predicted molar refractivity (Wildman–Crippen MR) is 83.4 cm³/mol. The summed E-state index contributed by atoms with van der Waals surface area (Å²) < 4.78 is 5.80. The largest absolute Gasteiger partial charge is 0.424 e. The lowest BCUT2D eigenvalue weighted by Gasteiger charge is -2.08. The molecule has 106 valence electrons. The van der Waals surface area contributed by atoms with Crippen molar-refractivity contribution in [3.8, 4) is 11.8 Å². The summed E-state index contributed by atoms with van der Waals surface area (Å²) in [7, 11) is 0. The van der Waals surface area contributed by atoms with Gasteiger partial charge in [-0.15, -0.1) is 0 Å². The molecular formula is C17H17N3O. The molecule has 1 unspecified atom stereocenters. The highest BCUT2D eigenvalue weighted by Gasteiger charge is 2.05. The maximum Gasteiger partial charge on any atom is 0.321 e. The van der Waals surface area contributed by atoms with Gasteiger partial charge in [0.2, 0.25) is 0 Å². The van der Waals surface area contributed by atoms with Gasteiger partial charge < -0.3 is 10.5 Å². The van der Waals surface area contributed by atoms with Crippen molar-refractivity contribution in [3.63, 3.8) is 0 Å². The van der Waals surface area contributed by atoms with Gasteiger partial charge in [-0.05, 0) is 30.4 Å². The molecule has 2 aromatic carbocycles. The molecule has 1 atom stereocenters. The van der Waals surface area contributed by atoms with Crippen molar-refractivity contribution in [2.24, 2.45) is 5.73 Å². The summed E-state index contributed by atoms with van der Waals surface area (Å²) >= 11 is 0. The summed E-state index contributed by atoms with van der Waals surface area (Å²) in [6, 6.07) is 14.4. The van der Waals surface area contributed by atoms with Crippen LogP contribution in [0, 0.1) is 0 Å². The Kier molecular flexibility index (Phi) is 3.79.